The first kappa shape index (κ1) is 26.4. The summed E-state index contributed by atoms with van der Waals surface area (Å²) in [6.45, 7) is 4.61. The number of carbonyl (C=O) groups is 3. The van der Waals surface area contributed by atoms with Gasteiger partial charge in [-0.2, -0.15) is 0 Å². The molecule has 2 saturated carbocycles. The van der Waals surface area contributed by atoms with Gasteiger partial charge in [-0.25, -0.2) is 14.0 Å². The van der Waals surface area contributed by atoms with Crippen LogP contribution >= 0.6 is 0 Å². The number of rotatable bonds is 8. The summed E-state index contributed by atoms with van der Waals surface area (Å²) in [5, 5.41) is 5.56. The lowest BCUT2D eigenvalue weighted by atomic mass is 9.78. The van der Waals surface area contributed by atoms with Crippen molar-refractivity contribution in [1.29, 1.82) is 0 Å². The minimum Gasteiger partial charge on any atom is -0.467 e. The maximum Gasteiger partial charge on any atom is 0.407 e. The Morgan fingerprint density at radius 2 is 1.59 bits per heavy atom. The van der Waals surface area contributed by atoms with Crippen molar-refractivity contribution in [3.63, 3.8) is 0 Å². The molecule has 2 rings (SSSR count). The topological polar surface area (TPSA) is 93.7 Å². The van der Waals surface area contributed by atoms with Gasteiger partial charge in [0, 0.05) is 5.92 Å². The average Bonchev–Trinajstić information content (AvgIpc) is 2.76. The fraction of sp³-hybridized carbons (Fsp3) is 0.875. The number of ether oxygens (including phenoxy) is 2. The molecular weight excluding hydrogens is 415 g/mol. The summed E-state index contributed by atoms with van der Waals surface area (Å²) in [5.74, 6) is -0.349. The molecule has 0 saturated heterocycles. The Bertz CT molecular complexity index is 622. The minimum atomic E-state index is -0.674. The van der Waals surface area contributed by atoms with Crippen LogP contribution < -0.4 is 10.6 Å². The van der Waals surface area contributed by atoms with Crippen LogP contribution in [0.4, 0.5) is 9.18 Å². The number of hydrogen-bond donors (Lipinski definition) is 2. The molecule has 0 aliphatic heterocycles. The van der Waals surface area contributed by atoms with Gasteiger partial charge in [-0.15, -0.1) is 0 Å². The molecule has 32 heavy (non-hydrogen) atoms. The van der Waals surface area contributed by atoms with Crippen LogP contribution in [0.25, 0.3) is 0 Å². The lowest BCUT2D eigenvalue weighted by molar-refractivity contribution is -0.146. The second-order valence-corrected chi connectivity index (χ2v) is 10.3. The van der Waals surface area contributed by atoms with E-state index in [4.69, 9.17) is 9.47 Å². The van der Waals surface area contributed by atoms with Gasteiger partial charge >= 0.3 is 12.1 Å². The van der Waals surface area contributed by atoms with Gasteiger partial charge in [-0.3, -0.25) is 4.79 Å². The van der Waals surface area contributed by atoms with E-state index in [1.165, 1.54) is 26.4 Å². The zero-order valence-electron chi connectivity index (χ0n) is 20.1. The fourth-order valence-electron chi connectivity index (χ4n) is 4.93. The third kappa shape index (κ3) is 8.58. The van der Waals surface area contributed by atoms with Crippen molar-refractivity contribution in [2.24, 2.45) is 17.8 Å². The Morgan fingerprint density at radius 1 is 0.969 bits per heavy atom. The molecule has 2 fully saturated rings. The van der Waals surface area contributed by atoms with Crippen molar-refractivity contribution >= 4 is 18.0 Å². The van der Waals surface area contributed by atoms with Crippen molar-refractivity contribution in [2.45, 2.75) is 103 Å². The molecular formula is C24H41FN2O5. The Balaban J connectivity index is 1.85. The predicted molar refractivity (Wildman–Crippen MR) is 120 cm³/mol. The maximum atomic E-state index is 13.6. The number of halogens is 1. The highest BCUT2D eigenvalue weighted by molar-refractivity contribution is 5.85. The molecule has 2 amide bonds. The highest BCUT2D eigenvalue weighted by Gasteiger charge is 2.34. The second kappa shape index (κ2) is 12.4. The molecule has 0 heterocycles. The van der Waals surface area contributed by atoms with Gasteiger partial charge in [-0.05, 0) is 64.7 Å². The quantitative estimate of drug-likeness (QED) is 0.532. The van der Waals surface area contributed by atoms with E-state index in [2.05, 4.69) is 10.6 Å². The molecule has 0 bridgehead atoms. The smallest absolute Gasteiger partial charge is 0.407 e. The van der Waals surface area contributed by atoms with E-state index < -0.39 is 36.4 Å². The van der Waals surface area contributed by atoms with E-state index in [1.54, 1.807) is 20.8 Å². The normalized spacial score (nSPS) is 24.2. The van der Waals surface area contributed by atoms with E-state index in [-0.39, 0.29) is 17.7 Å². The van der Waals surface area contributed by atoms with Crippen LogP contribution in [0.5, 0.6) is 0 Å². The summed E-state index contributed by atoms with van der Waals surface area (Å²) in [7, 11) is 1.35. The van der Waals surface area contributed by atoms with Gasteiger partial charge < -0.3 is 20.1 Å². The molecule has 2 aliphatic carbocycles. The van der Waals surface area contributed by atoms with E-state index in [0.717, 1.165) is 12.8 Å². The highest BCUT2D eigenvalue weighted by atomic mass is 19.1. The molecule has 0 aromatic heterocycles. The van der Waals surface area contributed by atoms with Crippen LogP contribution in [0.15, 0.2) is 0 Å². The lowest BCUT2D eigenvalue weighted by Gasteiger charge is -2.33. The first-order valence-electron chi connectivity index (χ1n) is 12.1. The molecule has 2 N–H and O–H groups in total. The Morgan fingerprint density at radius 3 is 2.12 bits per heavy atom. The zero-order chi connectivity index (χ0) is 23.7. The van der Waals surface area contributed by atoms with Crippen LogP contribution in [-0.4, -0.2) is 49.4 Å². The monoisotopic (exact) mass is 456 g/mol. The highest BCUT2D eigenvalue weighted by Crippen LogP contribution is 2.32. The van der Waals surface area contributed by atoms with Gasteiger partial charge in [0.2, 0.25) is 5.91 Å². The number of alkyl halides is 1. The standard InChI is InChI=1S/C24H41FN2O5/c1-24(2,3)32-23(30)27-20(15-25)17-10-12-18(13-11-17)21(28)26-19(22(29)31-4)14-16-8-6-5-7-9-16/h16-20H,5-15H2,1-4H3,(H,26,28)(H,27,30)/t17?,18?,19-,20+/m0/s1. The summed E-state index contributed by atoms with van der Waals surface area (Å²) in [6.07, 6.45) is 8.21. The van der Waals surface area contributed by atoms with Crippen molar-refractivity contribution < 1.29 is 28.2 Å². The molecule has 0 spiro atoms. The molecule has 0 aromatic rings. The Hall–Kier alpha value is -1.86. The number of hydrogen-bond acceptors (Lipinski definition) is 5. The van der Waals surface area contributed by atoms with Crippen LogP contribution in [0.3, 0.4) is 0 Å². The summed E-state index contributed by atoms with van der Waals surface area (Å²) in [6, 6.07) is -1.23. The largest absolute Gasteiger partial charge is 0.467 e. The second-order valence-electron chi connectivity index (χ2n) is 10.3. The lowest BCUT2D eigenvalue weighted by Crippen LogP contribution is -2.48. The van der Waals surface area contributed by atoms with Gasteiger partial charge in [0.1, 0.15) is 18.3 Å². The Kier molecular flexibility index (Phi) is 10.2. The minimum absolute atomic E-state index is 0.0461. The van der Waals surface area contributed by atoms with Crippen LogP contribution in [0.1, 0.15) is 85.0 Å². The van der Waals surface area contributed by atoms with Gasteiger partial charge in [0.05, 0.1) is 13.2 Å². The number of amides is 2. The first-order chi connectivity index (χ1) is 15.1. The summed E-state index contributed by atoms with van der Waals surface area (Å²) >= 11 is 0. The van der Waals surface area contributed by atoms with Gasteiger partial charge in [0.15, 0.2) is 0 Å². The summed E-state index contributed by atoms with van der Waals surface area (Å²) in [4.78, 5) is 37.1. The molecule has 184 valence electrons. The number of esters is 1. The fourth-order valence-corrected chi connectivity index (χ4v) is 4.93. The SMILES string of the molecule is COC(=O)[C@H](CC1CCCCC1)NC(=O)C1CCC([C@@H](CF)NC(=O)OC(C)(C)C)CC1. The molecule has 0 radical (unpaired) electrons. The van der Waals surface area contributed by atoms with Crippen molar-refractivity contribution in [1.82, 2.24) is 10.6 Å². The average molecular weight is 457 g/mol. The van der Waals surface area contributed by atoms with Crippen molar-refractivity contribution in [3.05, 3.63) is 0 Å². The molecule has 8 heteroatoms. The van der Waals surface area contributed by atoms with E-state index >= 15 is 0 Å². The molecule has 0 unspecified atom stereocenters. The van der Waals surface area contributed by atoms with E-state index in [0.29, 0.717) is 38.0 Å². The number of alkyl carbamates (subject to hydrolysis) is 1. The summed E-state index contributed by atoms with van der Waals surface area (Å²) < 4.78 is 23.8. The third-order valence-corrected chi connectivity index (χ3v) is 6.68. The van der Waals surface area contributed by atoms with Crippen molar-refractivity contribution in [3.8, 4) is 0 Å². The summed E-state index contributed by atoms with van der Waals surface area (Å²) in [5.41, 5.74) is -0.644. The Labute approximate surface area is 191 Å². The predicted octanol–water partition coefficient (Wildman–Crippen LogP) is 4.28. The van der Waals surface area contributed by atoms with Crippen LogP contribution in [0.2, 0.25) is 0 Å². The maximum absolute atomic E-state index is 13.6. The van der Waals surface area contributed by atoms with Crippen molar-refractivity contribution in [2.75, 3.05) is 13.8 Å². The zero-order valence-corrected chi connectivity index (χ0v) is 20.1. The van der Waals surface area contributed by atoms with E-state index in [1.807, 2.05) is 0 Å². The number of nitrogens with one attached hydrogen (secondary N) is 2. The number of carbonyl (C=O) groups excluding carboxylic acids is 3. The molecule has 2 aliphatic rings. The third-order valence-electron chi connectivity index (χ3n) is 6.68. The first-order valence-corrected chi connectivity index (χ1v) is 12.1. The van der Waals surface area contributed by atoms with Crippen LogP contribution in [0, 0.1) is 17.8 Å². The van der Waals surface area contributed by atoms with E-state index in [9.17, 15) is 18.8 Å². The molecule has 0 aromatic carbocycles. The van der Waals surface area contributed by atoms with Gasteiger partial charge in [-0.1, -0.05) is 32.1 Å². The van der Waals surface area contributed by atoms with Crippen LogP contribution in [-0.2, 0) is 19.1 Å². The molecule has 7 nitrogen and oxygen atoms in total. The molecule has 2 atom stereocenters. The number of methoxy groups -OCH3 is 1. The van der Waals surface area contributed by atoms with Gasteiger partial charge in [0.25, 0.3) is 0 Å².